The first-order chi connectivity index (χ1) is 16.9. The number of nitrogens with one attached hydrogen (secondary N) is 2. The van der Waals surface area contributed by atoms with Gasteiger partial charge in [0.2, 0.25) is 5.91 Å². The lowest BCUT2D eigenvalue weighted by Crippen LogP contribution is -2.26. The van der Waals surface area contributed by atoms with Crippen molar-refractivity contribution in [3.8, 4) is 11.3 Å². The van der Waals surface area contributed by atoms with Crippen LogP contribution in [0.1, 0.15) is 34.3 Å². The molecular weight excluding hydrogens is 528 g/mol. The van der Waals surface area contributed by atoms with Crippen LogP contribution in [-0.2, 0) is 17.1 Å². The normalized spacial score (nSPS) is 13.9. The second-order valence-corrected chi connectivity index (χ2v) is 10.1. The van der Waals surface area contributed by atoms with Crippen LogP contribution in [0.2, 0.25) is 0 Å². The lowest BCUT2D eigenvalue weighted by Gasteiger charge is -2.14. The highest BCUT2D eigenvalue weighted by Crippen LogP contribution is 2.39. The van der Waals surface area contributed by atoms with Gasteiger partial charge in [-0.15, -0.1) is 0 Å². The van der Waals surface area contributed by atoms with Gasteiger partial charge in [0, 0.05) is 17.2 Å². The summed E-state index contributed by atoms with van der Waals surface area (Å²) in [5.74, 6) is -1.28. The fourth-order valence-electron chi connectivity index (χ4n) is 3.12. The van der Waals surface area contributed by atoms with E-state index in [0.29, 0.717) is 22.0 Å². The van der Waals surface area contributed by atoms with E-state index in [9.17, 15) is 35.9 Å². The van der Waals surface area contributed by atoms with Crippen molar-refractivity contribution in [3.63, 3.8) is 0 Å². The zero-order valence-corrected chi connectivity index (χ0v) is 19.8. The average molecular weight is 546 g/mol. The lowest BCUT2D eigenvalue weighted by molar-refractivity contribution is -0.143. The quantitative estimate of drug-likeness (QED) is 0.264. The van der Waals surface area contributed by atoms with Gasteiger partial charge in [0.1, 0.15) is 10.7 Å². The Bertz CT molecular complexity index is 1240. The van der Waals surface area contributed by atoms with E-state index in [4.69, 9.17) is 0 Å². The highest BCUT2D eigenvalue weighted by Gasteiger charge is 2.37. The Morgan fingerprint density at radius 3 is 2.14 bits per heavy atom. The van der Waals surface area contributed by atoms with Gasteiger partial charge in [-0.25, -0.2) is 4.98 Å². The predicted molar refractivity (Wildman–Crippen MR) is 124 cm³/mol. The molecule has 13 heteroatoms. The van der Waals surface area contributed by atoms with Crippen molar-refractivity contribution in [3.05, 3.63) is 65.2 Å². The second-order valence-electron chi connectivity index (χ2n) is 7.90. The van der Waals surface area contributed by atoms with Crippen molar-refractivity contribution >= 4 is 39.9 Å². The summed E-state index contributed by atoms with van der Waals surface area (Å²) in [5, 5.41) is 5.36. The van der Waals surface area contributed by atoms with E-state index in [0.717, 1.165) is 35.9 Å². The number of amides is 2. The molecule has 1 aromatic heterocycles. The third-order valence-electron chi connectivity index (χ3n) is 5.00. The molecule has 1 fully saturated rings. The zero-order chi connectivity index (χ0) is 26.1. The number of halogens is 6. The largest absolute Gasteiger partial charge is 0.416 e. The third kappa shape index (κ3) is 6.58. The molecule has 5 nitrogen and oxygen atoms in total. The van der Waals surface area contributed by atoms with Crippen molar-refractivity contribution in [2.45, 2.75) is 35.6 Å². The molecule has 190 valence electrons. The third-order valence-corrected chi connectivity index (χ3v) is 7.11. The molecule has 36 heavy (non-hydrogen) atoms. The lowest BCUT2D eigenvalue weighted by atomic mass is 10.0. The summed E-state index contributed by atoms with van der Waals surface area (Å²) in [6, 6.07) is 9.40. The Labute approximate surface area is 209 Å². The zero-order valence-electron chi connectivity index (χ0n) is 18.2. The van der Waals surface area contributed by atoms with Gasteiger partial charge in [-0.05, 0) is 31.0 Å². The van der Waals surface area contributed by atoms with Crippen LogP contribution >= 0.6 is 23.1 Å². The fourth-order valence-corrected chi connectivity index (χ4v) is 5.00. The first-order valence-electron chi connectivity index (χ1n) is 10.5. The summed E-state index contributed by atoms with van der Waals surface area (Å²) in [6.45, 7) is 0. The van der Waals surface area contributed by atoms with E-state index in [-0.39, 0.29) is 34.5 Å². The van der Waals surface area contributed by atoms with Crippen molar-refractivity contribution < 1.29 is 35.9 Å². The van der Waals surface area contributed by atoms with Gasteiger partial charge in [0.15, 0.2) is 4.34 Å². The highest BCUT2D eigenvalue weighted by atomic mass is 32.2. The van der Waals surface area contributed by atoms with Gasteiger partial charge >= 0.3 is 12.4 Å². The molecule has 0 radical (unpaired) electrons. The Kier molecular flexibility index (Phi) is 7.32. The number of hydrogen-bond acceptors (Lipinski definition) is 5. The molecule has 1 saturated carbocycles. The molecule has 4 rings (SSSR count). The Morgan fingerprint density at radius 1 is 0.972 bits per heavy atom. The number of carbonyl (C=O) groups excluding carboxylic acids is 2. The fraction of sp³-hybridized carbons (Fsp3) is 0.261. The number of benzene rings is 2. The number of rotatable bonds is 7. The van der Waals surface area contributed by atoms with E-state index >= 15 is 0 Å². The predicted octanol–water partition coefficient (Wildman–Crippen LogP) is 6.47. The van der Waals surface area contributed by atoms with Crippen molar-refractivity contribution in [1.29, 1.82) is 0 Å². The number of alkyl halides is 6. The standard InChI is InChI=1S/C23H17F6N3O2S2/c24-22(25,26)14-8-13(9-15(10-14)23(27,28)29)19(34)32-20-18(12-4-2-1-3-5-12)31-21(36-20)35-11-17(33)30-16-6-7-16/h1-5,8-10,16H,6-7,11H2,(H,30,33)(H,32,34). The van der Waals surface area contributed by atoms with E-state index in [1.807, 2.05) is 0 Å². The van der Waals surface area contributed by atoms with Crippen LogP contribution in [0.5, 0.6) is 0 Å². The summed E-state index contributed by atoms with van der Waals surface area (Å²) in [7, 11) is 0. The Hall–Kier alpha value is -3.06. The maximum atomic E-state index is 13.2. The molecule has 0 atom stereocenters. The van der Waals surface area contributed by atoms with Gasteiger partial charge < -0.3 is 10.6 Å². The first kappa shape index (κ1) is 26.0. The Morgan fingerprint density at radius 2 is 1.58 bits per heavy atom. The molecule has 2 aromatic carbocycles. The van der Waals surface area contributed by atoms with Crippen molar-refractivity contribution in [1.82, 2.24) is 10.3 Å². The van der Waals surface area contributed by atoms with Crippen molar-refractivity contribution in [2.75, 3.05) is 11.1 Å². The number of hydrogen-bond donors (Lipinski definition) is 2. The minimum absolute atomic E-state index is 0.0414. The maximum absolute atomic E-state index is 13.2. The van der Waals surface area contributed by atoms with Gasteiger partial charge in [0.25, 0.3) is 5.91 Å². The summed E-state index contributed by atoms with van der Waals surface area (Å²) in [4.78, 5) is 29.3. The van der Waals surface area contributed by atoms with E-state index in [1.54, 1.807) is 30.3 Å². The van der Waals surface area contributed by atoms with Crippen LogP contribution in [-0.4, -0.2) is 28.6 Å². The summed E-state index contributed by atoms with van der Waals surface area (Å²) < 4.78 is 79.6. The molecule has 1 aliphatic carbocycles. The number of aromatic nitrogens is 1. The minimum atomic E-state index is -5.08. The van der Waals surface area contributed by atoms with Gasteiger partial charge in [-0.3, -0.25) is 9.59 Å². The molecule has 0 spiro atoms. The molecule has 0 saturated heterocycles. The molecule has 1 heterocycles. The number of anilines is 1. The molecule has 2 N–H and O–H groups in total. The second kappa shape index (κ2) is 10.1. The highest BCUT2D eigenvalue weighted by molar-refractivity contribution is 8.01. The molecule has 0 aliphatic heterocycles. The summed E-state index contributed by atoms with van der Waals surface area (Å²) in [5.41, 5.74) is -3.14. The molecule has 0 unspecified atom stereocenters. The first-order valence-corrected chi connectivity index (χ1v) is 12.3. The van der Waals surface area contributed by atoms with Crippen LogP contribution in [0, 0.1) is 0 Å². The number of nitrogens with zero attached hydrogens (tertiary/aromatic N) is 1. The van der Waals surface area contributed by atoms with Crippen molar-refractivity contribution in [2.24, 2.45) is 0 Å². The summed E-state index contributed by atoms with van der Waals surface area (Å²) in [6.07, 6.45) is -8.32. The maximum Gasteiger partial charge on any atom is 0.416 e. The molecule has 0 bridgehead atoms. The van der Waals surface area contributed by atoms with E-state index in [1.165, 1.54) is 0 Å². The van der Waals surface area contributed by atoms with Gasteiger partial charge in [-0.1, -0.05) is 53.4 Å². The Balaban J connectivity index is 1.62. The van der Waals surface area contributed by atoms with Gasteiger partial charge in [0.05, 0.1) is 16.9 Å². The van der Waals surface area contributed by atoms with Crippen LogP contribution in [0.4, 0.5) is 31.3 Å². The van der Waals surface area contributed by atoms with Crippen LogP contribution in [0.15, 0.2) is 52.9 Å². The summed E-state index contributed by atoms with van der Waals surface area (Å²) >= 11 is 2.08. The van der Waals surface area contributed by atoms with Gasteiger partial charge in [-0.2, -0.15) is 26.3 Å². The SMILES string of the molecule is O=C(CSc1nc(-c2ccccc2)c(NC(=O)c2cc(C(F)(F)F)cc(C(F)(F)F)c2)s1)NC1CC1. The smallest absolute Gasteiger partial charge is 0.353 e. The van der Waals surface area contributed by atoms with E-state index in [2.05, 4.69) is 15.6 Å². The number of thioether (sulfide) groups is 1. The van der Waals surface area contributed by atoms with Crippen LogP contribution in [0.3, 0.4) is 0 Å². The topological polar surface area (TPSA) is 71.1 Å². The van der Waals surface area contributed by atoms with Crippen LogP contribution < -0.4 is 10.6 Å². The van der Waals surface area contributed by atoms with Crippen LogP contribution in [0.25, 0.3) is 11.3 Å². The number of thiazole rings is 1. The monoisotopic (exact) mass is 545 g/mol. The molecule has 3 aromatic rings. The average Bonchev–Trinajstić information content (AvgIpc) is 3.54. The minimum Gasteiger partial charge on any atom is -0.353 e. The molecule has 1 aliphatic rings. The van der Waals surface area contributed by atoms with E-state index < -0.39 is 35.0 Å². The number of carbonyl (C=O) groups is 2. The molecule has 2 amide bonds. The molecular formula is C23H17F6N3O2S2.